The van der Waals surface area contributed by atoms with Crippen molar-refractivity contribution in [3.63, 3.8) is 0 Å². The Morgan fingerprint density at radius 3 is 2.79 bits per heavy atom. The summed E-state index contributed by atoms with van der Waals surface area (Å²) in [7, 11) is 1.93. The van der Waals surface area contributed by atoms with Crippen LogP contribution >= 0.6 is 0 Å². The van der Waals surface area contributed by atoms with E-state index in [4.69, 9.17) is 0 Å². The van der Waals surface area contributed by atoms with Gasteiger partial charge in [0, 0.05) is 30.6 Å². The Bertz CT molecular complexity index is 743. The van der Waals surface area contributed by atoms with Gasteiger partial charge in [-0.2, -0.15) is 5.10 Å². The van der Waals surface area contributed by atoms with Crippen LogP contribution in [0.3, 0.4) is 0 Å². The number of fused-ring (bicyclic) bond motifs is 1. The van der Waals surface area contributed by atoms with E-state index in [2.05, 4.69) is 47.1 Å². The molecule has 0 unspecified atom stereocenters. The summed E-state index contributed by atoms with van der Waals surface area (Å²) in [5, 5.41) is 5.55. The molecule has 0 spiro atoms. The van der Waals surface area contributed by atoms with Crippen LogP contribution in [-0.2, 0) is 13.5 Å². The molecule has 96 valence electrons. The molecule has 0 aliphatic rings. The first-order valence-corrected chi connectivity index (χ1v) is 6.45. The van der Waals surface area contributed by atoms with Crippen molar-refractivity contribution in [2.24, 2.45) is 7.05 Å². The molecule has 0 saturated heterocycles. The van der Waals surface area contributed by atoms with E-state index in [0.29, 0.717) is 0 Å². The Balaban J connectivity index is 2.30. The Labute approximate surface area is 112 Å². The Morgan fingerprint density at radius 1 is 1.21 bits per heavy atom. The maximum Gasteiger partial charge on any atom is 0.158 e. The molecule has 2 heterocycles. The number of hydrogen-bond donors (Lipinski definition) is 0. The van der Waals surface area contributed by atoms with Gasteiger partial charge in [-0.1, -0.05) is 25.1 Å². The zero-order valence-corrected chi connectivity index (χ0v) is 11.4. The second-order valence-electron chi connectivity index (χ2n) is 4.66. The molecule has 19 heavy (non-hydrogen) atoms. The van der Waals surface area contributed by atoms with Crippen LogP contribution in [0.4, 0.5) is 0 Å². The summed E-state index contributed by atoms with van der Waals surface area (Å²) in [5.74, 6) is 1.77. The number of hydrogen-bond acceptors (Lipinski definition) is 3. The van der Waals surface area contributed by atoms with Gasteiger partial charge in [-0.05, 0) is 18.6 Å². The minimum atomic E-state index is 0.843. The third-order valence-corrected chi connectivity index (χ3v) is 3.34. The topological polar surface area (TPSA) is 43.6 Å². The SMILES string of the molecule is CCc1nc(-c2ccc(C)c3ncccc23)n(C)n1. The van der Waals surface area contributed by atoms with E-state index in [9.17, 15) is 0 Å². The van der Waals surface area contributed by atoms with Crippen molar-refractivity contribution in [2.45, 2.75) is 20.3 Å². The molecule has 2 aromatic heterocycles. The predicted molar refractivity (Wildman–Crippen MR) is 75.9 cm³/mol. The van der Waals surface area contributed by atoms with Crippen LogP contribution in [0.1, 0.15) is 18.3 Å². The quantitative estimate of drug-likeness (QED) is 0.704. The lowest BCUT2D eigenvalue weighted by Crippen LogP contribution is -1.96. The summed E-state index contributed by atoms with van der Waals surface area (Å²) in [6.45, 7) is 4.14. The van der Waals surface area contributed by atoms with Gasteiger partial charge in [-0.15, -0.1) is 0 Å². The first-order chi connectivity index (χ1) is 9.20. The molecule has 4 heteroatoms. The van der Waals surface area contributed by atoms with Crippen molar-refractivity contribution in [3.05, 3.63) is 41.9 Å². The summed E-state index contributed by atoms with van der Waals surface area (Å²) in [6.07, 6.45) is 2.67. The first-order valence-electron chi connectivity index (χ1n) is 6.45. The van der Waals surface area contributed by atoms with Gasteiger partial charge >= 0.3 is 0 Å². The number of nitrogens with zero attached hydrogens (tertiary/aromatic N) is 4. The van der Waals surface area contributed by atoms with Gasteiger partial charge < -0.3 is 0 Å². The lowest BCUT2D eigenvalue weighted by Gasteiger charge is -2.07. The van der Waals surface area contributed by atoms with Crippen LogP contribution in [-0.4, -0.2) is 19.7 Å². The number of rotatable bonds is 2. The molecule has 0 radical (unpaired) electrons. The van der Waals surface area contributed by atoms with Crippen molar-refractivity contribution < 1.29 is 0 Å². The Morgan fingerprint density at radius 2 is 2.05 bits per heavy atom. The van der Waals surface area contributed by atoms with Crippen molar-refractivity contribution in [1.82, 2.24) is 19.7 Å². The zero-order valence-electron chi connectivity index (χ0n) is 11.4. The highest BCUT2D eigenvalue weighted by Gasteiger charge is 2.12. The van der Waals surface area contributed by atoms with Gasteiger partial charge in [0.25, 0.3) is 0 Å². The monoisotopic (exact) mass is 252 g/mol. The molecule has 0 N–H and O–H groups in total. The maximum atomic E-state index is 4.60. The molecule has 3 aromatic rings. The summed E-state index contributed by atoms with van der Waals surface area (Å²) < 4.78 is 1.84. The zero-order chi connectivity index (χ0) is 13.4. The van der Waals surface area contributed by atoms with Gasteiger partial charge in [0.15, 0.2) is 11.6 Å². The van der Waals surface area contributed by atoms with Gasteiger partial charge in [-0.25, -0.2) is 9.67 Å². The summed E-state index contributed by atoms with van der Waals surface area (Å²) >= 11 is 0. The second kappa shape index (κ2) is 4.46. The van der Waals surface area contributed by atoms with Crippen molar-refractivity contribution >= 4 is 10.9 Å². The van der Waals surface area contributed by atoms with E-state index < -0.39 is 0 Å². The van der Waals surface area contributed by atoms with Crippen LogP contribution in [0.15, 0.2) is 30.5 Å². The molecular formula is C15H16N4. The maximum absolute atomic E-state index is 4.60. The van der Waals surface area contributed by atoms with Gasteiger partial charge in [0.2, 0.25) is 0 Å². The average molecular weight is 252 g/mol. The first kappa shape index (κ1) is 11.8. The summed E-state index contributed by atoms with van der Waals surface area (Å²) in [6, 6.07) is 8.24. The smallest absolute Gasteiger partial charge is 0.158 e. The van der Waals surface area contributed by atoms with Crippen LogP contribution in [0.5, 0.6) is 0 Å². The largest absolute Gasteiger partial charge is 0.256 e. The Kier molecular flexibility index (Phi) is 2.78. The summed E-state index contributed by atoms with van der Waals surface area (Å²) in [4.78, 5) is 9.07. The highest BCUT2D eigenvalue weighted by atomic mass is 15.3. The van der Waals surface area contributed by atoms with Crippen molar-refractivity contribution in [1.29, 1.82) is 0 Å². The molecule has 4 nitrogen and oxygen atoms in total. The normalized spacial score (nSPS) is 11.1. The van der Waals surface area contributed by atoms with E-state index >= 15 is 0 Å². The van der Waals surface area contributed by atoms with Crippen molar-refractivity contribution in [3.8, 4) is 11.4 Å². The third kappa shape index (κ3) is 1.89. The minimum Gasteiger partial charge on any atom is -0.256 e. The number of pyridine rings is 1. The molecule has 0 aliphatic carbocycles. The van der Waals surface area contributed by atoms with E-state index in [1.807, 2.05) is 24.0 Å². The molecule has 0 atom stereocenters. The molecule has 0 aliphatic heterocycles. The lowest BCUT2D eigenvalue weighted by molar-refractivity contribution is 0.753. The number of aryl methyl sites for hydroxylation is 3. The molecule has 0 amide bonds. The number of aromatic nitrogens is 4. The molecule has 0 bridgehead atoms. The van der Waals surface area contributed by atoms with E-state index in [1.165, 1.54) is 5.56 Å². The fraction of sp³-hybridized carbons (Fsp3) is 0.267. The van der Waals surface area contributed by atoms with Crippen molar-refractivity contribution in [2.75, 3.05) is 0 Å². The molecular weight excluding hydrogens is 236 g/mol. The summed E-state index contributed by atoms with van der Waals surface area (Å²) in [5.41, 5.74) is 3.29. The van der Waals surface area contributed by atoms with Crippen LogP contribution in [0.2, 0.25) is 0 Å². The predicted octanol–water partition coefficient (Wildman–Crippen LogP) is 2.90. The van der Waals surface area contributed by atoms with E-state index in [1.54, 1.807) is 0 Å². The molecule has 0 saturated carbocycles. The lowest BCUT2D eigenvalue weighted by atomic mass is 10.0. The van der Waals surface area contributed by atoms with Crippen LogP contribution < -0.4 is 0 Å². The average Bonchev–Trinajstić information content (AvgIpc) is 2.81. The highest BCUT2D eigenvalue weighted by Crippen LogP contribution is 2.28. The molecule has 3 rings (SSSR count). The third-order valence-electron chi connectivity index (χ3n) is 3.34. The molecule has 1 aromatic carbocycles. The minimum absolute atomic E-state index is 0.843. The van der Waals surface area contributed by atoms with Crippen LogP contribution in [0, 0.1) is 6.92 Å². The highest BCUT2D eigenvalue weighted by molar-refractivity contribution is 5.94. The standard InChI is InChI=1S/C15H16N4/c1-4-13-17-15(19(3)18-13)12-8-7-10(2)14-11(12)6-5-9-16-14/h5-9H,4H2,1-3H3. The second-order valence-corrected chi connectivity index (χ2v) is 4.66. The Hall–Kier alpha value is -2.23. The van der Waals surface area contributed by atoms with Gasteiger partial charge in [0.1, 0.15) is 0 Å². The molecule has 0 fully saturated rings. The van der Waals surface area contributed by atoms with E-state index in [-0.39, 0.29) is 0 Å². The fourth-order valence-electron chi connectivity index (χ4n) is 2.33. The number of benzene rings is 1. The van der Waals surface area contributed by atoms with Crippen LogP contribution in [0.25, 0.3) is 22.3 Å². The van der Waals surface area contributed by atoms with Gasteiger partial charge in [-0.3, -0.25) is 4.98 Å². The van der Waals surface area contributed by atoms with E-state index in [0.717, 1.165) is 34.5 Å². The fourth-order valence-corrected chi connectivity index (χ4v) is 2.33. The van der Waals surface area contributed by atoms with Gasteiger partial charge in [0.05, 0.1) is 5.52 Å².